The van der Waals surface area contributed by atoms with Gasteiger partial charge in [0.15, 0.2) is 0 Å². The average Bonchev–Trinajstić information content (AvgIpc) is 3.04. The van der Waals surface area contributed by atoms with Gasteiger partial charge in [0, 0.05) is 6.61 Å². The molecular formula is C27H42O. The summed E-state index contributed by atoms with van der Waals surface area (Å²) in [5.74, 6) is 3.47. The van der Waals surface area contributed by atoms with Crippen LogP contribution in [0.3, 0.4) is 0 Å². The highest BCUT2D eigenvalue weighted by molar-refractivity contribution is 5.38. The molecule has 0 heterocycles. The monoisotopic (exact) mass is 382 g/mol. The molecule has 0 radical (unpaired) electrons. The van der Waals surface area contributed by atoms with Crippen LogP contribution in [0.15, 0.2) is 35.5 Å². The third-order valence-electron chi connectivity index (χ3n) is 9.48. The topological polar surface area (TPSA) is 20.2 Å². The fourth-order valence-electron chi connectivity index (χ4n) is 7.67. The molecule has 4 aliphatic rings. The molecule has 1 N–H and O–H groups in total. The average molecular weight is 383 g/mol. The van der Waals surface area contributed by atoms with Gasteiger partial charge in [-0.25, -0.2) is 0 Å². The molecule has 4 aliphatic carbocycles. The van der Waals surface area contributed by atoms with Crippen molar-refractivity contribution < 1.29 is 5.11 Å². The Morgan fingerprint density at radius 3 is 2.68 bits per heavy atom. The number of fused-ring (bicyclic) bond motifs is 5. The zero-order valence-electron chi connectivity index (χ0n) is 18.7. The van der Waals surface area contributed by atoms with E-state index in [0.29, 0.717) is 29.3 Å². The highest BCUT2D eigenvalue weighted by atomic mass is 16.3. The first-order chi connectivity index (χ1) is 13.4. The lowest BCUT2D eigenvalue weighted by molar-refractivity contribution is 0.0575. The van der Waals surface area contributed by atoms with Crippen LogP contribution in [0.4, 0.5) is 0 Å². The maximum atomic E-state index is 9.28. The smallest absolute Gasteiger partial charge is 0.0459 e. The van der Waals surface area contributed by atoms with E-state index in [1.807, 2.05) is 5.57 Å². The molecule has 0 aliphatic heterocycles. The first-order valence-electron chi connectivity index (χ1n) is 12.1. The van der Waals surface area contributed by atoms with Gasteiger partial charge in [0.25, 0.3) is 0 Å². The Kier molecular flexibility index (Phi) is 5.69. The lowest BCUT2D eigenvalue weighted by atomic mass is 9.50. The van der Waals surface area contributed by atoms with Crippen LogP contribution in [0, 0.1) is 40.4 Å². The van der Waals surface area contributed by atoms with Crippen molar-refractivity contribution in [1.29, 1.82) is 0 Å². The number of hydrogen-bond acceptors (Lipinski definition) is 1. The van der Waals surface area contributed by atoms with Crippen LogP contribution >= 0.6 is 0 Å². The second-order valence-electron chi connectivity index (χ2n) is 11.1. The van der Waals surface area contributed by atoms with Crippen LogP contribution in [-0.4, -0.2) is 11.7 Å². The molecule has 3 fully saturated rings. The normalized spacial score (nSPS) is 42.2. The van der Waals surface area contributed by atoms with Crippen molar-refractivity contribution in [2.45, 2.75) is 85.5 Å². The molecule has 0 aromatic carbocycles. The largest absolute Gasteiger partial charge is 0.396 e. The third kappa shape index (κ3) is 3.26. The van der Waals surface area contributed by atoms with E-state index < -0.39 is 0 Å². The van der Waals surface area contributed by atoms with Crippen molar-refractivity contribution in [3.05, 3.63) is 35.5 Å². The summed E-state index contributed by atoms with van der Waals surface area (Å²) in [6.45, 7) is 10.1. The third-order valence-corrected chi connectivity index (χ3v) is 9.48. The van der Waals surface area contributed by atoms with Crippen LogP contribution in [-0.2, 0) is 0 Å². The van der Waals surface area contributed by atoms with Gasteiger partial charge in [-0.1, -0.05) is 69.6 Å². The predicted octanol–water partition coefficient (Wildman–Crippen LogP) is 7.09. The fourth-order valence-corrected chi connectivity index (χ4v) is 7.67. The lowest BCUT2D eigenvalue weighted by Crippen LogP contribution is -2.45. The Labute approximate surface area is 173 Å². The van der Waals surface area contributed by atoms with Gasteiger partial charge < -0.3 is 5.11 Å². The quantitative estimate of drug-likeness (QED) is 0.503. The van der Waals surface area contributed by atoms with Gasteiger partial charge >= 0.3 is 0 Å². The van der Waals surface area contributed by atoms with E-state index in [0.717, 1.165) is 24.2 Å². The minimum Gasteiger partial charge on any atom is -0.396 e. The molecular weight excluding hydrogens is 340 g/mol. The Morgan fingerprint density at radius 2 is 1.89 bits per heavy atom. The van der Waals surface area contributed by atoms with Crippen LogP contribution in [0.25, 0.3) is 0 Å². The molecule has 7 atom stereocenters. The first kappa shape index (κ1) is 20.5. The molecule has 4 rings (SSSR count). The summed E-state index contributed by atoms with van der Waals surface area (Å²) < 4.78 is 0. The van der Waals surface area contributed by atoms with E-state index in [-0.39, 0.29) is 0 Å². The Morgan fingerprint density at radius 1 is 1.07 bits per heavy atom. The van der Waals surface area contributed by atoms with E-state index in [9.17, 15) is 5.11 Å². The summed E-state index contributed by atoms with van der Waals surface area (Å²) in [5, 5.41) is 9.28. The number of rotatable bonds is 5. The van der Waals surface area contributed by atoms with E-state index in [1.165, 1.54) is 51.4 Å². The van der Waals surface area contributed by atoms with Crippen molar-refractivity contribution in [3.63, 3.8) is 0 Å². The zero-order chi connectivity index (χ0) is 19.9. The number of aliphatic hydroxyl groups is 1. The molecule has 0 spiro atoms. The summed E-state index contributed by atoms with van der Waals surface area (Å²) in [4.78, 5) is 0. The van der Waals surface area contributed by atoms with Crippen LogP contribution in [0.1, 0.15) is 85.5 Å². The van der Waals surface area contributed by atoms with Gasteiger partial charge in [-0.2, -0.15) is 0 Å². The van der Waals surface area contributed by atoms with Crippen molar-refractivity contribution in [2.24, 2.45) is 40.4 Å². The SMILES string of the molecule is CC(CO)C/C=C/[C@@H](C)[C@H]1CC[C@H]2C3=CC=C4CCCC[C@]4(C)[C@H]3CC[C@]12C. The maximum absolute atomic E-state index is 9.28. The van der Waals surface area contributed by atoms with Crippen molar-refractivity contribution in [3.8, 4) is 0 Å². The summed E-state index contributed by atoms with van der Waals surface area (Å²) in [7, 11) is 0. The Balaban J connectivity index is 1.53. The Hall–Kier alpha value is -0.820. The minimum absolute atomic E-state index is 0.297. The van der Waals surface area contributed by atoms with Crippen molar-refractivity contribution >= 4 is 0 Å². The molecule has 1 unspecified atom stereocenters. The molecule has 0 saturated heterocycles. The van der Waals surface area contributed by atoms with Gasteiger partial charge in [-0.05, 0) is 91.8 Å². The highest BCUT2D eigenvalue weighted by Gasteiger charge is 2.56. The van der Waals surface area contributed by atoms with Gasteiger partial charge in [0.05, 0.1) is 0 Å². The second-order valence-corrected chi connectivity index (χ2v) is 11.1. The predicted molar refractivity (Wildman–Crippen MR) is 119 cm³/mol. The Bertz CT molecular complexity index is 670. The lowest BCUT2D eigenvalue weighted by Gasteiger charge is -2.54. The number of aliphatic hydroxyl groups excluding tert-OH is 1. The summed E-state index contributed by atoms with van der Waals surface area (Å²) in [5.41, 5.74) is 4.54. The van der Waals surface area contributed by atoms with E-state index in [2.05, 4.69) is 52.0 Å². The van der Waals surface area contributed by atoms with Crippen LogP contribution in [0.2, 0.25) is 0 Å². The van der Waals surface area contributed by atoms with E-state index >= 15 is 0 Å². The molecule has 156 valence electrons. The van der Waals surface area contributed by atoms with Crippen LogP contribution < -0.4 is 0 Å². The summed E-state index contributed by atoms with van der Waals surface area (Å²) in [6, 6.07) is 0. The molecule has 3 saturated carbocycles. The molecule has 0 aromatic heterocycles. The molecule has 28 heavy (non-hydrogen) atoms. The molecule has 0 amide bonds. The van der Waals surface area contributed by atoms with Crippen LogP contribution in [0.5, 0.6) is 0 Å². The van der Waals surface area contributed by atoms with Gasteiger partial charge in [0.2, 0.25) is 0 Å². The van der Waals surface area contributed by atoms with Gasteiger partial charge in [-0.3, -0.25) is 0 Å². The second kappa shape index (κ2) is 7.78. The van der Waals surface area contributed by atoms with E-state index in [1.54, 1.807) is 5.57 Å². The molecule has 1 heteroatoms. The highest BCUT2D eigenvalue weighted by Crippen LogP contribution is 2.65. The fraction of sp³-hybridized carbons (Fsp3) is 0.778. The van der Waals surface area contributed by atoms with Crippen molar-refractivity contribution in [2.75, 3.05) is 6.61 Å². The number of hydrogen-bond donors (Lipinski definition) is 1. The number of allylic oxidation sites excluding steroid dienone is 6. The molecule has 0 aromatic rings. The molecule has 0 bridgehead atoms. The van der Waals surface area contributed by atoms with Crippen molar-refractivity contribution in [1.82, 2.24) is 0 Å². The zero-order valence-corrected chi connectivity index (χ0v) is 18.7. The minimum atomic E-state index is 0.297. The van der Waals surface area contributed by atoms with Gasteiger partial charge in [-0.15, -0.1) is 0 Å². The maximum Gasteiger partial charge on any atom is 0.0459 e. The van der Waals surface area contributed by atoms with E-state index in [4.69, 9.17) is 0 Å². The summed E-state index contributed by atoms with van der Waals surface area (Å²) >= 11 is 0. The van der Waals surface area contributed by atoms with Gasteiger partial charge in [0.1, 0.15) is 0 Å². The first-order valence-corrected chi connectivity index (χ1v) is 12.1. The standard InChI is InChI=1S/C27H42O/c1-19(18-28)8-7-9-20(2)23-13-14-24-22-12-11-21-10-5-6-16-26(21,3)25(22)15-17-27(23,24)4/h7,9,11-12,19-20,23-25,28H,5-6,8,10,13-18H2,1-4H3/b9-7+/t19?,20-,23-,24+,25+,26+,27-/m1/s1. The summed E-state index contributed by atoms with van der Waals surface area (Å²) in [6.07, 6.45) is 22.1. The molecule has 1 nitrogen and oxygen atoms in total.